The number of halogens is 3. The first-order valence-electron chi connectivity index (χ1n) is 5.09. The van der Waals surface area contributed by atoms with Gasteiger partial charge < -0.3 is 0 Å². The second-order valence-electron chi connectivity index (χ2n) is 3.67. The molecule has 18 heavy (non-hydrogen) atoms. The molecule has 0 saturated carbocycles. The van der Waals surface area contributed by atoms with Gasteiger partial charge in [-0.2, -0.15) is 0 Å². The highest BCUT2D eigenvalue weighted by atomic mass is 79.9. The normalized spacial score (nSPS) is 12.7. The van der Waals surface area contributed by atoms with Crippen molar-refractivity contribution < 1.29 is 8.78 Å². The minimum atomic E-state index is -0.630. The van der Waals surface area contributed by atoms with Crippen molar-refractivity contribution in [2.24, 2.45) is 5.84 Å². The van der Waals surface area contributed by atoms with E-state index in [0.717, 1.165) is 4.88 Å². The molecule has 0 radical (unpaired) electrons. The SMILES string of the molecule is NNC(Cc1cncs1)c1c(F)cc(Br)cc1F. The maximum Gasteiger partial charge on any atom is 0.132 e. The fraction of sp³-hybridized carbons (Fsp3) is 0.182. The molecular weight excluding hydrogens is 324 g/mol. The lowest BCUT2D eigenvalue weighted by Crippen LogP contribution is -2.31. The average molecular weight is 334 g/mol. The first-order valence-corrected chi connectivity index (χ1v) is 6.77. The van der Waals surface area contributed by atoms with Gasteiger partial charge in [0.2, 0.25) is 0 Å². The Hall–Kier alpha value is -0.890. The zero-order valence-corrected chi connectivity index (χ0v) is 11.6. The highest BCUT2D eigenvalue weighted by molar-refractivity contribution is 9.10. The number of thiazole rings is 1. The summed E-state index contributed by atoms with van der Waals surface area (Å²) in [6, 6.07) is 1.81. The quantitative estimate of drug-likeness (QED) is 0.668. The van der Waals surface area contributed by atoms with Gasteiger partial charge in [0, 0.05) is 27.5 Å². The molecule has 1 atom stereocenters. The Bertz CT molecular complexity index is 510. The van der Waals surface area contributed by atoms with Crippen LogP contribution in [0.5, 0.6) is 0 Å². The Morgan fingerprint density at radius 3 is 2.56 bits per heavy atom. The molecule has 0 aliphatic heterocycles. The number of rotatable bonds is 4. The van der Waals surface area contributed by atoms with Crippen LogP contribution in [-0.4, -0.2) is 4.98 Å². The van der Waals surface area contributed by atoms with Crippen LogP contribution in [0.4, 0.5) is 8.78 Å². The highest BCUT2D eigenvalue weighted by Gasteiger charge is 2.20. The third-order valence-electron chi connectivity index (χ3n) is 2.48. The van der Waals surface area contributed by atoms with Crippen molar-refractivity contribution in [2.75, 3.05) is 0 Å². The Morgan fingerprint density at radius 2 is 2.06 bits per heavy atom. The average Bonchev–Trinajstić information content (AvgIpc) is 2.79. The molecule has 0 aliphatic rings. The van der Waals surface area contributed by atoms with Crippen molar-refractivity contribution in [2.45, 2.75) is 12.5 Å². The van der Waals surface area contributed by atoms with Gasteiger partial charge in [0.05, 0.1) is 11.6 Å². The van der Waals surface area contributed by atoms with E-state index < -0.39 is 17.7 Å². The molecule has 0 bridgehead atoms. The van der Waals surface area contributed by atoms with Crippen LogP contribution in [0.2, 0.25) is 0 Å². The summed E-state index contributed by atoms with van der Waals surface area (Å²) >= 11 is 4.45. The summed E-state index contributed by atoms with van der Waals surface area (Å²) in [5.74, 6) is 4.13. The number of hydrazine groups is 1. The van der Waals surface area contributed by atoms with Gasteiger partial charge in [-0.05, 0) is 12.1 Å². The number of nitrogens with zero attached hydrogens (tertiary/aromatic N) is 1. The van der Waals surface area contributed by atoms with Crippen molar-refractivity contribution in [3.05, 3.63) is 50.4 Å². The van der Waals surface area contributed by atoms with Crippen molar-refractivity contribution in [3.8, 4) is 0 Å². The lowest BCUT2D eigenvalue weighted by molar-refractivity contribution is 0.474. The molecular formula is C11H10BrF2N3S. The zero-order chi connectivity index (χ0) is 13.1. The Labute approximate surface area is 115 Å². The number of nitrogens with one attached hydrogen (secondary N) is 1. The Balaban J connectivity index is 2.33. The topological polar surface area (TPSA) is 50.9 Å². The molecule has 0 aliphatic carbocycles. The summed E-state index contributed by atoms with van der Waals surface area (Å²) in [5, 5.41) is 0. The molecule has 0 amide bonds. The molecule has 2 rings (SSSR count). The molecule has 1 aromatic carbocycles. The van der Waals surface area contributed by atoms with E-state index in [-0.39, 0.29) is 5.56 Å². The minimum absolute atomic E-state index is 0.0610. The van der Waals surface area contributed by atoms with E-state index in [1.54, 1.807) is 11.7 Å². The van der Waals surface area contributed by atoms with Crippen LogP contribution in [0.1, 0.15) is 16.5 Å². The summed E-state index contributed by atoms with van der Waals surface area (Å²) in [4.78, 5) is 4.82. The third kappa shape index (κ3) is 2.92. The van der Waals surface area contributed by atoms with E-state index in [4.69, 9.17) is 5.84 Å². The van der Waals surface area contributed by atoms with Gasteiger partial charge in [-0.15, -0.1) is 11.3 Å². The van der Waals surface area contributed by atoms with Crippen LogP contribution in [-0.2, 0) is 6.42 Å². The van der Waals surface area contributed by atoms with Gasteiger partial charge in [0.1, 0.15) is 11.6 Å². The second kappa shape index (κ2) is 5.83. The predicted molar refractivity (Wildman–Crippen MR) is 69.9 cm³/mol. The first-order chi connectivity index (χ1) is 8.61. The van der Waals surface area contributed by atoms with E-state index in [1.165, 1.54) is 23.5 Å². The molecule has 3 nitrogen and oxygen atoms in total. The standard InChI is InChI=1S/C11H10BrF2N3S/c12-6-1-8(13)11(9(14)2-6)10(17-15)3-7-4-16-5-18-7/h1-2,4-5,10,17H,3,15H2. The van der Waals surface area contributed by atoms with Gasteiger partial charge in [0.15, 0.2) is 0 Å². The van der Waals surface area contributed by atoms with Gasteiger partial charge in [-0.3, -0.25) is 16.3 Å². The summed E-state index contributed by atoms with van der Waals surface area (Å²) < 4.78 is 28.0. The highest BCUT2D eigenvalue weighted by Crippen LogP contribution is 2.27. The van der Waals surface area contributed by atoms with E-state index in [0.29, 0.717) is 10.9 Å². The monoisotopic (exact) mass is 333 g/mol. The Kier molecular flexibility index (Phi) is 4.39. The van der Waals surface area contributed by atoms with Crippen molar-refractivity contribution >= 4 is 27.3 Å². The molecule has 0 spiro atoms. The van der Waals surface area contributed by atoms with Crippen LogP contribution >= 0.6 is 27.3 Å². The van der Waals surface area contributed by atoms with Gasteiger partial charge >= 0.3 is 0 Å². The van der Waals surface area contributed by atoms with Crippen LogP contribution in [0.3, 0.4) is 0 Å². The van der Waals surface area contributed by atoms with Crippen molar-refractivity contribution in [1.82, 2.24) is 10.4 Å². The van der Waals surface area contributed by atoms with Gasteiger partial charge in [0.25, 0.3) is 0 Å². The summed E-state index contributed by atoms with van der Waals surface area (Å²) in [5.41, 5.74) is 4.04. The van der Waals surface area contributed by atoms with E-state index in [9.17, 15) is 8.78 Å². The number of hydrogen-bond donors (Lipinski definition) is 2. The molecule has 1 unspecified atom stereocenters. The van der Waals surface area contributed by atoms with Crippen molar-refractivity contribution in [1.29, 1.82) is 0 Å². The smallest absolute Gasteiger partial charge is 0.132 e. The van der Waals surface area contributed by atoms with Crippen LogP contribution in [0.15, 0.2) is 28.3 Å². The fourth-order valence-electron chi connectivity index (χ4n) is 1.67. The predicted octanol–water partition coefficient (Wildman–Crippen LogP) is 2.93. The summed E-state index contributed by atoms with van der Waals surface area (Å²) in [6.45, 7) is 0. The zero-order valence-electron chi connectivity index (χ0n) is 9.16. The maximum absolute atomic E-state index is 13.8. The van der Waals surface area contributed by atoms with Gasteiger partial charge in [-0.1, -0.05) is 15.9 Å². The molecule has 2 aromatic rings. The van der Waals surface area contributed by atoms with Crippen LogP contribution < -0.4 is 11.3 Å². The van der Waals surface area contributed by atoms with E-state index in [1.807, 2.05) is 0 Å². The largest absolute Gasteiger partial charge is 0.271 e. The van der Waals surface area contributed by atoms with Crippen molar-refractivity contribution in [3.63, 3.8) is 0 Å². The minimum Gasteiger partial charge on any atom is -0.271 e. The fourth-order valence-corrected chi connectivity index (χ4v) is 2.72. The number of nitrogens with two attached hydrogens (primary N) is 1. The van der Waals surface area contributed by atoms with Crippen LogP contribution in [0.25, 0.3) is 0 Å². The molecule has 96 valence electrons. The third-order valence-corrected chi connectivity index (χ3v) is 3.74. The number of hydrogen-bond acceptors (Lipinski definition) is 4. The molecule has 1 aromatic heterocycles. The molecule has 1 heterocycles. The Morgan fingerprint density at radius 1 is 1.39 bits per heavy atom. The lowest BCUT2D eigenvalue weighted by Gasteiger charge is -2.17. The molecule has 0 saturated heterocycles. The maximum atomic E-state index is 13.8. The van der Waals surface area contributed by atoms with Gasteiger partial charge in [-0.25, -0.2) is 8.78 Å². The number of benzene rings is 1. The number of aromatic nitrogens is 1. The molecule has 0 fully saturated rings. The van der Waals surface area contributed by atoms with E-state index in [2.05, 4.69) is 26.3 Å². The molecule has 3 N–H and O–H groups in total. The second-order valence-corrected chi connectivity index (χ2v) is 5.56. The molecule has 7 heteroatoms. The lowest BCUT2D eigenvalue weighted by atomic mass is 10.0. The summed E-state index contributed by atoms with van der Waals surface area (Å²) in [6.07, 6.45) is 2.04. The first kappa shape index (κ1) is 13.5. The van der Waals surface area contributed by atoms with Crippen LogP contribution in [0, 0.1) is 11.6 Å². The summed E-state index contributed by atoms with van der Waals surface area (Å²) in [7, 11) is 0. The van der Waals surface area contributed by atoms with E-state index >= 15 is 0 Å².